The lowest BCUT2D eigenvalue weighted by Gasteiger charge is -2.24. The van der Waals surface area contributed by atoms with Crippen LogP contribution in [0.25, 0.3) is 0 Å². The van der Waals surface area contributed by atoms with E-state index in [1.54, 1.807) is 0 Å². The number of imidazole rings is 1. The van der Waals surface area contributed by atoms with Gasteiger partial charge in [0.15, 0.2) is 0 Å². The Labute approximate surface area is 129 Å². The second-order valence-corrected chi connectivity index (χ2v) is 7.37. The summed E-state index contributed by atoms with van der Waals surface area (Å²) in [6, 6.07) is 0.423. The lowest BCUT2D eigenvalue weighted by atomic mass is 9.87. The molecule has 1 aromatic rings. The molecule has 0 bridgehead atoms. The van der Waals surface area contributed by atoms with E-state index < -0.39 is 0 Å². The van der Waals surface area contributed by atoms with Crippen molar-refractivity contribution in [2.45, 2.75) is 95.9 Å². The quantitative estimate of drug-likeness (QED) is 0.837. The Morgan fingerprint density at radius 1 is 0.905 bits per heavy atom. The van der Waals surface area contributed by atoms with Gasteiger partial charge in [0.05, 0.1) is 5.69 Å². The molecule has 2 aliphatic rings. The second kappa shape index (κ2) is 6.41. The molecule has 0 amide bonds. The summed E-state index contributed by atoms with van der Waals surface area (Å²) < 4.78 is 2.35. The Kier molecular flexibility index (Phi) is 4.56. The van der Waals surface area contributed by atoms with Crippen molar-refractivity contribution in [2.75, 3.05) is 5.73 Å². The summed E-state index contributed by atoms with van der Waals surface area (Å²) in [5, 5.41) is 0. The molecular weight excluding hydrogens is 258 g/mol. The number of hydrogen-bond donors (Lipinski definition) is 1. The summed E-state index contributed by atoms with van der Waals surface area (Å²) in [6.45, 7) is 4.49. The van der Waals surface area contributed by atoms with E-state index in [4.69, 9.17) is 10.7 Å². The van der Waals surface area contributed by atoms with Crippen molar-refractivity contribution in [3.8, 4) is 0 Å². The molecule has 3 rings (SSSR count). The van der Waals surface area contributed by atoms with Crippen molar-refractivity contribution in [1.82, 2.24) is 9.55 Å². The third-order valence-electron chi connectivity index (χ3n) is 5.48. The van der Waals surface area contributed by atoms with Crippen molar-refractivity contribution in [2.24, 2.45) is 0 Å². The number of nitrogens with zero attached hydrogens (tertiary/aromatic N) is 2. The van der Waals surface area contributed by atoms with E-state index in [9.17, 15) is 0 Å². The zero-order valence-corrected chi connectivity index (χ0v) is 13.8. The summed E-state index contributed by atoms with van der Waals surface area (Å²) in [5.41, 5.74) is 7.77. The third kappa shape index (κ3) is 2.97. The molecule has 21 heavy (non-hydrogen) atoms. The molecule has 118 valence electrons. The molecule has 0 aromatic carbocycles. The normalized spacial score (nSPS) is 22.0. The number of nitrogen functional groups attached to an aromatic ring is 1. The van der Waals surface area contributed by atoms with Gasteiger partial charge >= 0.3 is 0 Å². The van der Waals surface area contributed by atoms with Crippen LogP contribution in [0.1, 0.15) is 107 Å². The van der Waals surface area contributed by atoms with E-state index in [0.717, 1.165) is 5.82 Å². The van der Waals surface area contributed by atoms with Gasteiger partial charge in [-0.05, 0) is 39.5 Å². The van der Waals surface area contributed by atoms with Gasteiger partial charge in [-0.15, -0.1) is 0 Å². The zero-order chi connectivity index (χ0) is 14.8. The minimum Gasteiger partial charge on any atom is -0.384 e. The van der Waals surface area contributed by atoms with Gasteiger partial charge < -0.3 is 10.3 Å². The van der Waals surface area contributed by atoms with Gasteiger partial charge in [0.1, 0.15) is 11.6 Å². The molecule has 2 aliphatic carbocycles. The van der Waals surface area contributed by atoms with Crippen molar-refractivity contribution < 1.29 is 0 Å². The fourth-order valence-electron chi connectivity index (χ4n) is 4.35. The lowest BCUT2D eigenvalue weighted by molar-refractivity contribution is 0.406. The molecule has 0 radical (unpaired) electrons. The van der Waals surface area contributed by atoms with Crippen molar-refractivity contribution in [3.05, 3.63) is 11.5 Å². The molecule has 0 unspecified atom stereocenters. The first-order chi connectivity index (χ1) is 10.2. The first-order valence-corrected chi connectivity index (χ1v) is 9.06. The monoisotopic (exact) mass is 289 g/mol. The van der Waals surface area contributed by atoms with Gasteiger partial charge in [-0.3, -0.25) is 0 Å². The van der Waals surface area contributed by atoms with Gasteiger partial charge in [0, 0.05) is 17.9 Å². The molecule has 2 fully saturated rings. The van der Waals surface area contributed by atoms with E-state index in [1.807, 2.05) is 0 Å². The van der Waals surface area contributed by atoms with Gasteiger partial charge in [0.2, 0.25) is 0 Å². The summed E-state index contributed by atoms with van der Waals surface area (Å²) in [6.07, 6.45) is 13.3. The van der Waals surface area contributed by atoms with E-state index >= 15 is 0 Å². The third-order valence-corrected chi connectivity index (χ3v) is 5.48. The topological polar surface area (TPSA) is 43.8 Å². The van der Waals surface area contributed by atoms with Crippen LogP contribution in [0.2, 0.25) is 0 Å². The van der Waals surface area contributed by atoms with E-state index in [2.05, 4.69) is 18.4 Å². The van der Waals surface area contributed by atoms with E-state index in [-0.39, 0.29) is 0 Å². The molecule has 3 nitrogen and oxygen atoms in total. The van der Waals surface area contributed by atoms with Gasteiger partial charge in [-0.25, -0.2) is 4.98 Å². The molecule has 0 atom stereocenters. The summed E-state index contributed by atoms with van der Waals surface area (Å²) >= 11 is 0. The fourth-order valence-corrected chi connectivity index (χ4v) is 4.35. The van der Waals surface area contributed by atoms with Crippen LogP contribution in [0.4, 0.5) is 5.82 Å². The molecule has 2 saturated carbocycles. The Hall–Kier alpha value is -0.990. The highest BCUT2D eigenvalue weighted by Crippen LogP contribution is 2.40. The van der Waals surface area contributed by atoms with Crippen LogP contribution in [0.5, 0.6) is 0 Å². The largest absolute Gasteiger partial charge is 0.384 e. The highest BCUT2D eigenvalue weighted by Gasteiger charge is 2.28. The standard InChI is InChI=1S/C18H31N3/c1-13(2)21-17(19)16(14-9-5-3-6-10-14)20-18(21)15-11-7-4-8-12-15/h13-15H,3-12,19H2,1-2H3. The highest BCUT2D eigenvalue weighted by atomic mass is 15.2. The van der Waals surface area contributed by atoms with Crippen molar-refractivity contribution >= 4 is 5.82 Å². The van der Waals surface area contributed by atoms with Crippen LogP contribution < -0.4 is 5.73 Å². The highest BCUT2D eigenvalue weighted by molar-refractivity contribution is 5.42. The van der Waals surface area contributed by atoms with Crippen LogP contribution >= 0.6 is 0 Å². The fraction of sp³-hybridized carbons (Fsp3) is 0.833. The Morgan fingerprint density at radius 2 is 1.43 bits per heavy atom. The maximum Gasteiger partial charge on any atom is 0.127 e. The smallest absolute Gasteiger partial charge is 0.127 e. The minimum atomic E-state index is 0.423. The number of nitrogens with two attached hydrogens (primary N) is 1. The number of anilines is 1. The molecule has 1 aromatic heterocycles. The van der Waals surface area contributed by atoms with Crippen molar-refractivity contribution in [3.63, 3.8) is 0 Å². The average molecular weight is 289 g/mol. The Balaban J connectivity index is 1.94. The maximum absolute atomic E-state index is 6.54. The summed E-state index contributed by atoms with van der Waals surface area (Å²) in [7, 11) is 0. The second-order valence-electron chi connectivity index (χ2n) is 7.37. The number of rotatable bonds is 3. The molecule has 0 saturated heterocycles. The molecule has 1 heterocycles. The van der Waals surface area contributed by atoms with E-state index in [1.165, 1.54) is 75.7 Å². The minimum absolute atomic E-state index is 0.423. The zero-order valence-electron chi connectivity index (χ0n) is 13.8. The van der Waals surface area contributed by atoms with Gasteiger partial charge in [-0.1, -0.05) is 38.5 Å². The maximum atomic E-state index is 6.54. The first kappa shape index (κ1) is 14.9. The summed E-state index contributed by atoms with van der Waals surface area (Å²) in [5.74, 6) is 3.52. The predicted octanol–water partition coefficient (Wildman–Crippen LogP) is 5.14. The number of aromatic nitrogens is 2. The predicted molar refractivity (Wildman–Crippen MR) is 88.7 cm³/mol. The van der Waals surface area contributed by atoms with Crippen LogP contribution in [-0.2, 0) is 0 Å². The van der Waals surface area contributed by atoms with Crippen LogP contribution in [0, 0.1) is 0 Å². The van der Waals surface area contributed by atoms with Crippen LogP contribution in [-0.4, -0.2) is 9.55 Å². The lowest BCUT2D eigenvalue weighted by Crippen LogP contribution is -2.15. The van der Waals surface area contributed by atoms with Crippen molar-refractivity contribution in [1.29, 1.82) is 0 Å². The summed E-state index contributed by atoms with van der Waals surface area (Å²) in [4.78, 5) is 5.12. The average Bonchev–Trinajstić information content (AvgIpc) is 2.87. The van der Waals surface area contributed by atoms with Crippen LogP contribution in [0.15, 0.2) is 0 Å². The van der Waals surface area contributed by atoms with Gasteiger partial charge in [0.25, 0.3) is 0 Å². The molecule has 3 heteroatoms. The molecule has 0 aliphatic heterocycles. The molecule has 0 spiro atoms. The SMILES string of the molecule is CC(C)n1c(C2CCCCC2)nc(C2CCCCC2)c1N. The van der Waals surface area contributed by atoms with Gasteiger partial charge in [-0.2, -0.15) is 0 Å². The Morgan fingerprint density at radius 3 is 1.95 bits per heavy atom. The molecule has 2 N–H and O–H groups in total. The first-order valence-electron chi connectivity index (χ1n) is 9.06. The molecular formula is C18H31N3. The van der Waals surface area contributed by atoms with Crippen LogP contribution in [0.3, 0.4) is 0 Å². The van der Waals surface area contributed by atoms with E-state index in [0.29, 0.717) is 17.9 Å². The Bertz CT molecular complexity index is 463. The number of hydrogen-bond acceptors (Lipinski definition) is 2.